The summed E-state index contributed by atoms with van der Waals surface area (Å²) in [5, 5.41) is 1.06. The second kappa shape index (κ2) is 3.05. The number of halogens is 2. The van der Waals surface area contributed by atoms with E-state index >= 15 is 0 Å². The monoisotopic (exact) mass is 306 g/mol. The van der Waals surface area contributed by atoms with E-state index in [1.807, 2.05) is 6.92 Å². The number of hydrogen-bond donors (Lipinski definition) is 0. The molecule has 62 valence electrons. The number of aryl methyl sites for hydroxylation is 1. The smallest absolute Gasteiger partial charge is 0.133 e. The zero-order valence-corrected chi connectivity index (χ0v) is 10.1. The molecule has 2 aromatic rings. The molecule has 2 heterocycles. The minimum absolute atomic E-state index is 0.810. The molecule has 0 saturated carbocycles. The van der Waals surface area contributed by atoms with Crippen LogP contribution >= 0.6 is 43.2 Å². The summed E-state index contributed by atoms with van der Waals surface area (Å²) in [6.07, 6.45) is 1.78. The van der Waals surface area contributed by atoms with Crippen LogP contribution < -0.4 is 0 Å². The summed E-state index contributed by atoms with van der Waals surface area (Å²) in [6, 6.07) is 0. The van der Waals surface area contributed by atoms with Gasteiger partial charge in [-0.2, -0.15) is 0 Å². The molecule has 0 bridgehead atoms. The molecular formula is C7H4Br2N2S. The molecule has 12 heavy (non-hydrogen) atoms. The van der Waals surface area contributed by atoms with Gasteiger partial charge in [-0.25, -0.2) is 9.97 Å². The third-order valence-electron chi connectivity index (χ3n) is 1.44. The molecule has 0 N–H and O–H groups in total. The predicted molar refractivity (Wildman–Crippen MR) is 57.6 cm³/mol. The van der Waals surface area contributed by atoms with E-state index in [-0.39, 0.29) is 0 Å². The summed E-state index contributed by atoms with van der Waals surface area (Å²) in [5.41, 5.74) is 0.937. The topological polar surface area (TPSA) is 25.8 Å². The number of fused-ring (bicyclic) bond motifs is 1. The lowest BCUT2D eigenvalue weighted by Gasteiger charge is -1.92. The van der Waals surface area contributed by atoms with Gasteiger partial charge in [-0.1, -0.05) is 0 Å². The Hall–Kier alpha value is -0.0000000000000000833. The maximum absolute atomic E-state index is 4.35. The molecule has 0 atom stereocenters. The van der Waals surface area contributed by atoms with Crippen LogP contribution in [0.1, 0.15) is 5.01 Å². The van der Waals surface area contributed by atoms with Crippen LogP contribution in [0.15, 0.2) is 15.3 Å². The lowest BCUT2D eigenvalue weighted by atomic mass is 10.4. The van der Waals surface area contributed by atoms with Gasteiger partial charge in [-0.15, -0.1) is 11.3 Å². The molecule has 0 aliphatic carbocycles. The Morgan fingerprint density at radius 1 is 1.42 bits per heavy atom. The van der Waals surface area contributed by atoms with E-state index in [1.54, 1.807) is 17.5 Å². The SMILES string of the molecule is Cc1nc2c(Br)ncc(Br)c2s1. The number of aromatic nitrogens is 2. The first kappa shape index (κ1) is 8.59. The summed E-state index contributed by atoms with van der Waals surface area (Å²) in [5.74, 6) is 0. The fraction of sp³-hybridized carbons (Fsp3) is 0.143. The van der Waals surface area contributed by atoms with Crippen LogP contribution in [0.2, 0.25) is 0 Å². The van der Waals surface area contributed by atoms with Crippen LogP contribution in [0.25, 0.3) is 10.2 Å². The Labute approximate surface area is 90.3 Å². The summed E-state index contributed by atoms with van der Waals surface area (Å²) in [7, 11) is 0. The summed E-state index contributed by atoms with van der Waals surface area (Å²) in [4.78, 5) is 8.49. The lowest BCUT2D eigenvalue weighted by molar-refractivity contribution is 1.26. The Morgan fingerprint density at radius 3 is 2.83 bits per heavy atom. The fourth-order valence-electron chi connectivity index (χ4n) is 0.962. The Balaban J connectivity index is 2.93. The van der Waals surface area contributed by atoms with E-state index in [1.165, 1.54) is 0 Å². The molecule has 0 aromatic carbocycles. The number of pyridine rings is 1. The van der Waals surface area contributed by atoms with Crippen LogP contribution in [-0.2, 0) is 0 Å². The van der Waals surface area contributed by atoms with E-state index < -0.39 is 0 Å². The van der Waals surface area contributed by atoms with Crippen molar-refractivity contribution in [2.45, 2.75) is 6.92 Å². The number of hydrogen-bond acceptors (Lipinski definition) is 3. The van der Waals surface area contributed by atoms with Crippen molar-refractivity contribution < 1.29 is 0 Å². The van der Waals surface area contributed by atoms with Crippen molar-refractivity contribution in [2.24, 2.45) is 0 Å². The van der Waals surface area contributed by atoms with E-state index in [9.17, 15) is 0 Å². The average molecular weight is 308 g/mol. The first-order valence-electron chi connectivity index (χ1n) is 3.25. The molecule has 2 aromatic heterocycles. The fourth-order valence-corrected chi connectivity index (χ4v) is 2.84. The van der Waals surface area contributed by atoms with Crippen LogP contribution in [0.4, 0.5) is 0 Å². The van der Waals surface area contributed by atoms with Gasteiger partial charge in [-0.05, 0) is 38.8 Å². The lowest BCUT2D eigenvalue weighted by Crippen LogP contribution is -1.78. The highest BCUT2D eigenvalue weighted by molar-refractivity contribution is 9.11. The maximum Gasteiger partial charge on any atom is 0.133 e. The van der Waals surface area contributed by atoms with E-state index in [0.29, 0.717) is 0 Å². The van der Waals surface area contributed by atoms with Crippen molar-refractivity contribution >= 4 is 53.4 Å². The third-order valence-corrected chi connectivity index (χ3v) is 3.89. The van der Waals surface area contributed by atoms with Gasteiger partial charge in [0, 0.05) is 6.20 Å². The van der Waals surface area contributed by atoms with Gasteiger partial charge in [0.25, 0.3) is 0 Å². The highest BCUT2D eigenvalue weighted by Gasteiger charge is 2.08. The molecule has 0 radical (unpaired) electrons. The predicted octanol–water partition coefficient (Wildman–Crippen LogP) is 3.52. The molecule has 0 aliphatic rings. The number of rotatable bonds is 0. The quantitative estimate of drug-likeness (QED) is 0.696. The Bertz CT molecular complexity index is 399. The molecule has 2 nitrogen and oxygen atoms in total. The molecule has 0 spiro atoms. The Kier molecular flexibility index (Phi) is 2.18. The van der Waals surface area contributed by atoms with Crippen molar-refractivity contribution in [3.8, 4) is 0 Å². The number of nitrogens with zero attached hydrogens (tertiary/aromatic N) is 2. The first-order valence-corrected chi connectivity index (χ1v) is 5.66. The average Bonchev–Trinajstić information content (AvgIpc) is 2.41. The van der Waals surface area contributed by atoms with E-state index in [4.69, 9.17) is 0 Å². The molecular weight excluding hydrogens is 304 g/mol. The Morgan fingerprint density at radius 2 is 2.17 bits per heavy atom. The van der Waals surface area contributed by atoms with Crippen molar-refractivity contribution in [3.63, 3.8) is 0 Å². The van der Waals surface area contributed by atoms with Crippen LogP contribution in [0.5, 0.6) is 0 Å². The van der Waals surface area contributed by atoms with Gasteiger partial charge >= 0.3 is 0 Å². The van der Waals surface area contributed by atoms with Gasteiger partial charge in [0.1, 0.15) is 10.1 Å². The van der Waals surface area contributed by atoms with Gasteiger partial charge < -0.3 is 0 Å². The molecule has 2 rings (SSSR count). The number of thiazole rings is 1. The van der Waals surface area contributed by atoms with Crippen LogP contribution in [0.3, 0.4) is 0 Å². The first-order chi connectivity index (χ1) is 5.68. The second-order valence-electron chi connectivity index (χ2n) is 2.31. The van der Waals surface area contributed by atoms with Gasteiger partial charge in [-0.3, -0.25) is 0 Å². The molecule has 0 fully saturated rings. The van der Waals surface area contributed by atoms with Crippen molar-refractivity contribution in [3.05, 3.63) is 20.3 Å². The van der Waals surface area contributed by atoms with Crippen LogP contribution in [0, 0.1) is 6.92 Å². The van der Waals surface area contributed by atoms with Crippen molar-refractivity contribution in [1.82, 2.24) is 9.97 Å². The minimum atomic E-state index is 0.810. The highest BCUT2D eigenvalue weighted by atomic mass is 79.9. The minimum Gasteiger partial charge on any atom is -0.246 e. The van der Waals surface area contributed by atoms with Crippen molar-refractivity contribution in [2.75, 3.05) is 0 Å². The molecule has 0 aliphatic heterocycles. The summed E-state index contributed by atoms with van der Waals surface area (Å²) >= 11 is 8.45. The summed E-state index contributed by atoms with van der Waals surface area (Å²) < 4.78 is 2.96. The zero-order chi connectivity index (χ0) is 8.72. The van der Waals surface area contributed by atoms with Crippen LogP contribution in [-0.4, -0.2) is 9.97 Å². The highest BCUT2D eigenvalue weighted by Crippen LogP contribution is 2.32. The molecule has 0 amide bonds. The van der Waals surface area contributed by atoms with E-state index in [0.717, 1.165) is 24.3 Å². The maximum atomic E-state index is 4.35. The zero-order valence-electron chi connectivity index (χ0n) is 6.14. The molecule has 0 saturated heterocycles. The summed E-state index contributed by atoms with van der Waals surface area (Å²) in [6.45, 7) is 1.99. The van der Waals surface area contributed by atoms with Gasteiger partial charge in [0.15, 0.2) is 0 Å². The van der Waals surface area contributed by atoms with Gasteiger partial charge in [0.2, 0.25) is 0 Å². The van der Waals surface area contributed by atoms with E-state index in [2.05, 4.69) is 41.8 Å². The second-order valence-corrected chi connectivity index (χ2v) is 5.12. The third kappa shape index (κ3) is 1.30. The van der Waals surface area contributed by atoms with Gasteiger partial charge in [0.05, 0.1) is 14.2 Å². The normalized spacial score (nSPS) is 10.9. The largest absolute Gasteiger partial charge is 0.246 e. The molecule has 0 unspecified atom stereocenters. The standard InChI is InChI=1S/C7H4Br2N2S/c1-3-11-5-6(12-3)4(8)2-10-7(5)9/h2H,1H3. The van der Waals surface area contributed by atoms with Crippen molar-refractivity contribution in [1.29, 1.82) is 0 Å². The molecule has 5 heteroatoms.